The summed E-state index contributed by atoms with van der Waals surface area (Å²) in [5.41, 5.74) is 0. The number of phosphoric acid groups is 1. The zero-order valence-corrected chi connectivity index (χ0v) is 16.8. The smallest absolute Gasteiger partial charge is 0.472 e. The molecule has 0 aliphatic heterocycles. The van der Waals surface area contributed by atoms with Gasteiger partial charge in [-0.3, -0.25) is 23.1 Å². The van der Waals surface area contributed by atoms with E-state index in [-0.39, 0.29) is 40.0 Å². The first-order valence-electron chi connectivity index (χ1n) is 7.92. The van der Waals surface area contributed by atoms with Gasteiger partial charge in [0.25, 0.3) is 19.2 Å². The molecule has 12 heteroatoms. The van der Waals surface area contributed by atoms with Crippen molar-refractivity contribution in [3.8, 4) is 0 Å². The number of ether oxygens (including phenoxy) is 2. The van der Waals surface area contributed by atoms with E-state index < -0.39 is 26.8 Å². The molecule has 11 nitrogen and oxygen atoms in total. The number of carbonyl (C=O) groups excluding carboxylic acids is 2. The van der Waals surface area contributed by atoms with Crippen LogP contribution in [-0.2, 0) is 32.7 Å². The minimum atomic E-state index is -4.39. The van der Waals surface area contributed by atoms with Gasteiger partial charge in [-0.15, -0.1) is 0 Å². The van der Waals surface area contributed by atoms with Crippen LogP contribution in [0.5, 0.6) is 0 Å². The lowest BCUT2D eigenvalue weighted by molar-refractivity contribution is -0.938. The van der Waals surface area contributed by atoms with E-state index in [2.05, 4.69) is 0 Å². The van der Waals surface area contributed by atoms with Crippen LogP contribution >= 0.6 is 7.82 Å². The standard InChI is InChI=1S/C14H30N2O9P.2H/c1-15(2,3)7-9-24-26(20,21)25-10-13(22-11-18)14(23-12-19)16(4,5)6-8-17;;/h11-14,17H,6-10H2,1-5H3;;/q+1;2*-1/p+1. The maximum absolute atomic E-state index is 12.0. The van der Waals surface area contributed by atoms with Gasteiger partial charge in [-0.05, 0) is 0 Å². The first kappa shape index (κ1) is 24.9. The normalized spacial score (nSPS) is 17.0. The molecule has 3 unspecified atom stereocenters. The molecule has 0 spiro atoms. The molecule has 26 heavy (non-hydrogen) atoms. The van der Waals surface area contributed by atoms with E-state index in [1.807, 2.05) is 21.1 Å². The van der Waals surface area contributed by atoms with Gasteiger partial charge in [-0.2, -0.15) is 0 Å². The predicted molar refractivity (Wildman–Crippen MR) is 92.8 cm³/mol. The molecule has 158 valence electrons. The number of quaternary nitrogens is 2. The number of hydrogen-bond acceptors (Lipinski definition) is 8. The topological polar surface area (TPSA) is 129 Å². The number of likely N-dealkylation sites (N-methyl/N-ethyl adjacent to an activating group) is 2. The summed E-state index contributed by atoms with van der Waals surface area (Å²) in [6.45, 7) is 0.160. The van der Waals surface area contributed by atoms with E-state index in [4.69, 9.17) is 23.6 Å². The van der Waals surface area contributed by atoms with E-state index >= 15 is 0 Å². The van der Waals surface area contributed by atoms with Crippen LogP contribution in [0.25, 0.3) is 0 Å². The third kappa shape index (κ3) is 10.2. The fourth-order valence-electron chi connectivity index (χ4n) is 2.04. The van der Waals surface area contributed by atoms with Crippen molar-refractivity contribution < 1.29 is 54.5 Å². The Morgan fingerprint density at radius 3 is 2.08 bits per heavy atom. The summed E-state index contributed by atoms with van der Waals surface area (Å²) < 4.78 is 32.0. The van der Waals surface area contributed by atoms with Crippen molar-refractivity contribution in [1.82, 2.24) is 0 Å². The molecular formula is C14H33N2O9P. The van der Waals surface area contributed by atoms with Gasteiger partial charge in [0.1, 0.15) is 26.3 Å². The van der Waals surface area contributed by atoms with Crippen LogP contribution in [0, 0.1) is 0 Å². The van der Waals surface area contributed by atoms with Crippen molar-refractivity contribution in [3.63, 3.8) is 0 Å². The molecule has 0 aromatic heterocycles. The van der Waals surface area contributed by atoms with Gasteiger partial charge >= 0.3 is 7.82 Å². The number of rotatable bonds is 15. The van der Waals surface area contributed by atoms with Crippen LogP contribution in [0.15, 0.2) is 0 Å². The number of aliphatic hydroxyl groups excluding tert-OH is 1. The monoisotopic (exact) mass is 404 g/mol. The lowest BCUT2D eigenvalue weighted by Gasteiger charge is -2.38. The highest BCUT2D eigenvalue weighted by molar-refractivity contribution is 7.47. The molecule has 0 heterocycles. The molecule has 0 amide bonds. The second kappa shape index (κ2) is 10.9. The highest BCUT2D eigenvalue weighted by atomic mass is 31.2. The lowest BCUT2D eigenvalue weighted by atomic mass is 10.2. The second-order valence-corrected chi connectivity index (χ2v) is 8.68. The quantitative estimate of drug-likeness (QED) is 0.155. The van der Waals surface area contributed by atoms with Crippen LogP contribution in [0.4, 0.5) is 0 Å². The van der Waals surface area contributed by atoms with Crippen molar-refractivity contribution in [2.45, 2.75) is 12.3 Å². The van der Waals surface area contributed by atoms with E-state index in [0.717, 1.165) is 0 Å². The zero-order chi connectivity index (χ0) is 20.4. The van der Waals surface area contributed by atoms with E-state index in [0.29, 0.717) is 11.0 Å². The summed E-state index contributed by atoms with van der Waals surface area (Å²) in [5.74, 6) is 0. The maximum atomic E-state index is 12.0. The van der Waals surface area contributed by atoms with Gasteiger partial charge in [0.15, 0.2) is 0 Å². The van der Waals surface area contributed by atoms with E-state index in [1.54, 1.807) is 14.1 Å². The number of hydrogen-bond donors (Lipinski definition) is 2. The molecule has 0 aromatic carbocycles. The highest BCUT2D eigenvalue weighted by Gasteiger charge is 2.40. The van der Waals surface area contributed by atoms with Gasteiger partial charge < -0.3 is 26.8 Å². The van der Waals surface area contributed by atoms with Gasteiger partial charge in [-0.1, -0.05) is 0 Å². The summed E-state index contributed by atoms with van der Waals surface area (Å²) in [7, 11) is 4.54. The number of carbonyl (C=O) groups is 2. The molecule has 0 aromatic rings. The molecule has 0 saturated heterocycles. The molecule has 0 saturated carbocycles. The fraction of sp³-hybridized carbons (Fsp3) is 0.857. The molecule has 0 bridgehead atoms. The Hall–Kier alpha value is -1.07. The Labute approximate surface area is 156 Å². The third-order valence-electron chi connectivity index (χ3n) is 3.53. The molecule has 0 fully saturated rings. The maximum Gasteiger partial charge on any atom is 0.472 e. The van der Waals surface area contributed by atoms with Crippen molar-refractivity contribution in [3.05, 3.63) is 0 Å². The molecular weight excluding hydrogens is 371 g/mol. The van der Waals surface area contributed by atoms with Gasteiger partial charge in [-0.25, -0.2) is 4.57 Å². The van der Waals surface area contributed by atoms with Crippen molar-refractivity contribution in [2.24, 2.45) is 0 Å². The Kier molecular flexibility index (Phi) is 10.5. The van der Waals surface area contributed by atoms with Crippen LogP contribution in [-0.4, -0.2) is 112 Å². The Morgan fingerprint density at radius 2 is 1.62 bits per heavy atom. The lowest BCUT2D eigenvalue weighted by Crippen LogP contribution is -2.58. The molecule has 0 rings (SSSR count). The molecule has 0 radical (unpaired) electrons. The fourth-order valence-corrected chi connectivity index (χ4v) is 2.76. The zero-order valence-electron chi connectivity index (χ0n) is 17.9. The van der Waals surface area contributed by atoms with Crippen LogP contribution < -0.4 is 0 Å². The summed E-state index contributed by atoms with van der Waals surface area (Å²) >= 11 is 0. The first-order chi connectivity index (χ1) is 11.9. The first-order valence-corrected chi connectivity index (χ1v) is 9.42. The Bertz CT molecular complexity index is 492. The summed E-state index contributed by atoms with van der Waals surface area (Å²) in [6.07, 6.45) is -2.24. The Balaban J connectivity index is -0.00000312. The third-order valence-corrected chi connectivity index (χ3v) is 4.51. The largest absolute Gasteiger partial charge is 1.00 e. The van der Waals surface area contributed by atoms with Crippen LogP contribution in [0.1, 0.15) is 2.85 Å². The minimum absolute atomic E-state index is 0. The summed E-state index contributed by atoms with van der Waals surface area (Å²) in [5, 5.41) is 9.15. The molecule has 0 aliphatic carbocycles. The van der Waals surface area contributed by atoms with Crippen LogP contribution in [0.2, 0.25) is 0 Å². The van der Waals surface area contributed by atoms with Crippen molar-refractivity contribution in [1.29, 1.82) is 0 Å². The molecule has 0 aliphatic rings. The molecule has 2 N–H and O–H groups in total. The van der Waals surface area contributed by atoms with Gasteiger partial charge in [0, 0.05) is 0 Å². The summed E-state index contributed by atoms with van der Waals surface area (Å²) in [4.78, 5) is 31.3. The SMILES string of the molecule is C[N+](C)(C)CCOP(=O)(O)OCC(OC=O)C(OC=O)[N+](C)(C)CCO.[H-].[H-]. The number of nitrogens with zero attached hydrogens (tertiary/aromatic N) is 2. The van der Waals surface area contributed by atoms with Gasteiger partial charge in [0.2, 0.25) is 6.10 Å². The number of aliphatic hydroxyl groups is 1. The van der Waals surface area contributed by atoms with Gasteiger partial charge in [0.05, 0.1) is 41.8 Å². The van der Waals surface area contributed by atoms with Crippen molar-refractivity contribution in [2.75, 3.05) is 68.1 Å². The number of phosphoric ester groups is 1. The average Bonchev–Trinajstić information content (AvgIpc) is 2.47. The average molecular weight is 404 g/mol. The predicted octanol–water partition coefficient (Wildman–Crippen LogP) is -0.839. The van der Waals surface area contributed by atoms with E-state index in [9.17, 15) is 19.0 Å². The minimum Gasteiger partial charge on any atom is -1.00 e. The summed E-state index contributed by atoms with van der Waals surface area (Å²) in [6, 6.07) is 0. The van der Waals surface area contributed by atoms with E-state index in [1.165, 1.54) is 0 Å². The second-order valence-electron chi connectivity index (χ2n) is 7.23. The molecule has 3 atom stereocenters. The van der Waals surface area contributed by atoms with Crippen molar-refractivity contribution >= 4 is 20.8 Å². The Morgan fingerprint density at radius 1 is 1.04 bits per heavy atom. The van der Waals surface area contributed by atoms with Crippen LogP contribution in [0.3, 0.4) is 0 Å². The highest BCUT2D eigenvalue weighted by Crippen LogP contribution is 2.43.